The normalized spacial score (nSPS) is 12.8. The maximum absolute atomic E-state index is 13.1. The maximum Gasteiger partial charge on any atom is 0.426 e. The molecule has 1 rings (SSSR count). The quantitative estimate of drug-likeness (QED) is 0.338. The fourth-order valence-electron chi connectivity index (χ4n) is 2.07. The Hall–Kier alpha value is -2.12. The number of carbonyl (C=O) groups excluding carboxylic acids is 1. The van der Waals surface area contributed by atoms with Crippen LogP contribution in [-0.4, -0.2) is 10.9 Å². The van der Waals surface area contributed by atoms with Gasteiger partial charge in [-0.1, -0.05) is 26.3 Å². The number of esters is 1. The average molecular weight is 319 g/mol. The second kappa shape index (κ2) is 7.24. The molecule has 0 radical (unpaired) electrons. The third kappa shape index (κ3) is 4.19. The highest BCUT2D eigenvalue weighted by Crippen LogP contribution is 2.42. The molecule has 0 aliphatic rings. The number of ether oxygens (including phenoxy) is 1. The summed E-state index contributed by atoms with van der Waals surface area (Å²) in [6.45, 7) is 3.56. The first kappa shape index (κ1) is 17.9. The van der Waals surface area contributed by atoms with Crippen molar-refractivity contribution in [2.75, 3.05) is 0 Å². The van der Waals surface area contributed by atoms with Crippen LogP contribution in [0.25, 0.3) is 0 Å². The molecular weight excluding hydrogens is 303 g/mol. The van der Waals surface area contributed by atoms with E-state index in [9.17, 15) is 28.1 Å². The molecule has 0 saturated heterocycles. The molecule has 1 aromatic rings. The number of hydrogen-bond donors (Lipinski definition) is 0. The van der Waals surface area contributed by atoms with Crippen LogP contribution in [0.15, 0.2) is 18.2 Å². The van der Waals surface area contributed by atoms with Crippen LogP contribution in [0.4, 0.5) is 18.9 Å². The minimum Gasteiger partial charge on any atom is -0.425 e. The molecule has 0 saturated carbocycles. The van der Waals surface area contributed by atoms with Crippen molar-refractivity contribution in [1.82, 2.24) is 0 Å². The Bertz CT molecular complexity index is 558. The Labute approximate surface area is 125 Å². The van der Waals surface area contributed by atoms with Crippen molar-refractivity contribution in [1.29, 1.82) is 0 Å². The van der Waals surface area contributed by atoms with Gasteiger partial charge in [0.1, 0.15) is 5.75 Å². The Morgan fingerprint density at radius 2 is 2.00 bits per heavy atom. The molecule has 0 aliphatic carbocycles. The molecule has 0 aromatic heterocycles. The third-order valence-electron chi connectivity index (χ3n) is 3.16. The minimum atomic E-state index is -4.99. The fraction of sp³-hybridized carbons (Fsp3) is 0.500. The molecule has 0 heterocycles. The van der Waals surface area contributed by atoms with E-state index in [0.717, 1.165) is 18.2 Å². The molecule has 0 aliphatic heterocycles. The van der Waals surface area contributed by atoms with Crippen molar-refractivity contribution in [3.05, 3.63) is 33.9 Å². The Kier molecular flexibility index (Phi) is 5.90. The van der Waals surface area contributed by atoms with Crippen LogP contribution in [0, 0.1) is 16.0 Å². The number of alkyl halides is 3. The molecule has 22 heavy (non-hydrogen) atoms. The number of hydrogen-bond acceptors (Lipinski definition) is 4. The van der Waals surface area contributed by atoms with Crippen molar-refractivity contribution >= 4 is 11.7 Å². The first-order chi connectivity index (χ1) is 10.2. The summed E-state index contributed by atoms with van der Waals surface area (Å²) in [7, 11) is 0. The number of carbonyl (C=O) groups is 1. The number of nitro groups is 1. The highest BCUT2D eigenvalue weighted by atomic mass is 19.4. The smallest absolute Gasteiger partial charge is 0.425 e. The molecular formula is C14H16F3NO4. The summed E-state index contributed by atoms with van der Waals surface area (Å²) in [4.78, 5) is 21.5. The summed E-state index contributed by atoms with van der Waals surface area (Å²) in [5, 5.41) is 10.8. The fourth-order valence-corrected chi connectivity index (χ4v) is 2.07. The standard InChI is InChI=1S/C14H16F3NO4/c1-3-6-9(4-2)13(19)22-11-8-5-7-10(18(20)21)12(11)14(15,16)17/h5,7-9H,3-4,6H2,1-2H3. The van der Waals surface area contributed by atoms with Crippen LogP contribution < -0.4 is 4.74 Å². The van der Waals surface area contributed by atoms with Gasteiger partial charge in [0.05, 0.1) is 10.8 Å². The van der Waals surface area contributed by atoms with Crippen molar-refractivity contribution in [3.8, 4) is 5.75 Å². The molecule has 0 spiro atoms. The zero-order chi connectivity index (χ0) is 16.9. The van der Waals surface area contributed by atoms with E-state index in [1.165, 1.54) is 0 Å². The lowest BCUT2D eigenvalue weighted by Crippen LogP contribution is -2.22. The summed E-state index contributed by atoms with van der Waals surface area (Å²) in [5.74, 6) is -2.18. The lowest BCUT2D eigenvalue weighted by molar-refractivity contribution is -0.388. The molecule has 8 heteroatoms. The van der Waals surface area contributed by atoms with Crippen LogP contribution >= 0.6 is 0 Å². The molecule has 0 fully saturated rings. The van der Waals surface area contributed by atoms with E-state index in [4.69, 9.17) is 4.74 Å². The lowest BCUT2D eigenvalue weighted by Gasteiger charge is -2.16. The van der Waals surface area contributed by atoms with Crippen molar-refractivity contribution in [2.45, 2.75) is 39.3 Å². The minimum absolute atomic E-state index is 0.420. The van der Waals surface area contributed by atoms with Gasteiger partial charge in [-0.2, -0.15) is 13.2 Å². The third-order valence-corrected chi connectivity index (χ3v) is 3.16. The maximum atomic E-state index is 13.1. The van der Waals surface area contributed by atoms with E-state index in [-0.39, 0.29) is 0 Å². The van der Waals surface area contributed by atoms with Gasteiger partial charge >= 0.3 is 12.1 Å². The Morgan fingerprint density at radius 1 is 1.36 bits per heavy atom. The van der Waals surface area contributed by atoms with Crippen LogP contribution in [0.3, 0.4) is 0 Å². The van der Waals surface area contributed by atoms with Gasteiger partial charge in [0.25, 0.3) is 5.69 Å². The summed E-state index contributed by atoms with van der Waals surface area (Å²) in [5.41, 5.74) is -2.68. The highest BCUT2D eigenvalue weighted by Gasteiger charge is 2.42. The molecule has 0 N–H and O–H groups in total. The molecule has 0 amide bonds. The van der Waals surface area contributed by atoms with Crippen LogP contribution in [0.2, 0.25) is 0 Å². The van der Waals surface area contributed by atoms with Gasteiger partial charge in [-0.05, 0) is 18.9 Å². The first-order valence-electron chi connectivity index (χ1n) is 6.78. The second-order valence-electron chi connectivity index (χ2n) is 4.72. The van der Waals surface area contributed by atoms with E-state index in [1.807, 2.05) is 6.92 Å². The van der Waals surface area contributed by atoms with Crippen molar-refractivity contribution in [3.63, 3.8) is 0 Å². The number of nitro benzene ring substituents is 1. The zero-order valence-electron chi connectivity index (χ0n) is 12.1. The molecule has 1 aromatic carbocycles. The molecule has 5 nitrogen and oxygen atoms in total. The van der Waals surface area contributed by atoms with Gasteiger partial charge < -0.3 is 4.74 Å². The van der Waals surface area contributed by atoms with E-state index in [2.05, 4.69) is 0 Å². The molecule has 122 valence electrons. The molecule has 0 bridgehead atoms. The van der Waals surface area contributed by atoms with Gasteiger partial charge in [0.15, 0.2) is 5.56 Å². The molecule has 1 unspecified atom stereocenters. The van der Waals surface area contributed by atoms with E-state index in [0.29, 0.717) is 19.3 Å². The van der Waals surface area contributed by atoms with Crippen molar-refractivity contribution in [2.24, 2.45) is 5.92 Å². The van der Waals surface area contributed by atoms with Gasteiger partial charge in [-0.15, -0.1) is 0 Å². The Balaban J connectivity index is 3.22. The van der Waals surface area contributed by atoms with E-state index in [1.54, 1.807) is 6.92 Å². The number of benzene rings is 1. The summed E-state index contributed by atoms with van der Waals surface area (Å²) in [6.07, 6.45) is -3.42. The van der Waals surface area contributed by atoms with Crippen molar-refractivity contribution < 1.29 is 27.6 Å². The van der Waals surface area contributed by atoms with E-state index < -0.39 is 40.0 Å². The highest BCUT2D eigenvalue weighted by molar-refractivity contribution is 5.76. The van der Waals surface area contributed by atoms with E-state index >= 15 is 0 Å². The van der Waals surface area contributed by atoms with Crippen LogP contribution in [0.5, 0.6) is 5.75 Å². The topological polar surface area (TPSA) is 69.4 Å². The van der Waals surface area contributed by atoms with Crippen LogP contribution in [0.1, 0.15) is 38.7 Å². The monoisotopic (exact) mass is 319 g/mol. The largest absolute Gasteiger partial charge is 0.426 e. The first-order valence-corrected chi connectivity index (χ1v) is 6.78. The average Bonchev–Trinajstić information content (AvgIpc) is 2.43. The van der Waals surface area contributed by atoms with Gasteiger partial charge in [-0.25, -0.2) is 0 Å². The van der Waals surface area contributed by atoms with Gasteiger partial charge in [0, 0.05) is 6.07 Å². The predicted molar refractivity (Wildman–Crippen MR) is 72.4 cm³/mol. The van der Waals surface area contributed by atoms with Gasteiger partial charge in [0.2, 0.25) is 0 Å². The number of nitrogens with zero attached hydrogens (tertiary/aromatic N) is 1. The zero-order valence-corrected chi connectivity index (χ0v) is 12.1. The number of halogens is 3. The predicted octanol–water partition coefficient (Wildman–Crippen LogP) is 4.35. The van der Waals surface area contributed by atoms with Gasteiger partial charge in [-0.3, -0.25) is 14.9 Å². The second-order valence-corrected chi connectivity index (χ2v) is 4.72. The van der Waals surface area contributed by atoms with Crippen LogP contribution in [-0.2, 0) is 11.0 Å². The summed E-state index contributed by atoms with van der Waals surface area (Å²) >= 11 is 0. The molecule has 1 atom stereocenters. The summed E-state index contributed by atoms with van der Waals surface area (Å²) < 4.78 is 44.0. The SMILES string of the molecule is CCCC(CC)C(=O)Oc1cccc([N+](=O)[O-])c1C(F)(F)F. The summed E-state index contributed by atoms with van der Waals surface area (Å²) in [6, 6.07) is 2.69. The lowest BCUT2D eigenvalue weighted by atomic mass is 10.0. The Morgan fingerprint density at radius 3 is 2.45 bits per heavy atom. The number of rotatable bonds is 6.